The van der Waals surface area contributed by atoms with E-state index in [4.69, 9.17) is 9.47 Å². The van der Waals surface area contributed by atoms with Gasteiger partial charge in [-0.3, -0.25) is 4.79 Å². The predicted octanol–water partition coefficient (Wildman–Crippen LogP) is 3.62. The molecular weight excluding hydrogens is 342 g/mol. The van der Waals surface area contributed by atoms with E-state index < -0.39 is 12.1 Å². The van der Waals surface area contributed by atoms with Crippen LogP contribution in [-0.2, 0) is 20.7 Å². The number of carbonyl (C=O) groups is 2. The second-order valence-corrected chi connectivity index (χ2v) is 6.28. The molecule has 2 aromatic rings. The lowest BCUT2D eigenvalue weighted by atomic mass is 10.2. The third-order valence-electron chi connectivity index (χ3n) is 4.40. The molecule has 0 saturated heterocycles. The number of benzene rings is 2. The van der Waals surface area contributed by atoms with E-state index in [1.165, 1.54) is 6.08 Å². The highest BCUT2D eigenvalue weighted by atomic mass is 16.5. The van der Waals surface area contributed by atoms with E-state index in [-0.39, 0.29) is 5.91 Å². The van der Waals surface area contributed by atoms with E-state index in [0.717, 1.165) is 29.0 Å². The molecule has 5 nitrogen and oxygen atoms in total. The van der Waals surface area contributed by atoms with E-state index in [1.807, 2.05) is 55.5 Å². The Morgan fingerprint density at radius 3 is 2.63 bits per heavy atom. The lowest BCUT2D eigenvalue weighted by molar-refractivity contribution is -0.149. The van der Waals surface area contributed by atoms with Gasteiger partial charge in [-0.1, -0.05) is 30.3 Å². The number of amides is 1. The molecule has 0 bridgehead atoms. The average Bonchev–Trinajstić information content (AvgIpc) is 3.11. The van der Waals surface area contributed by atoms with Crippen LogP contribution in [0.15, 0.2) is 54.6 Å². The van der Waals surface area contributed by atoms with Crippen LogP contribution in [0.2, 0.25) is 0 Å². The Labute approximate surface area is 159 Å². The maximum absolute atomic E-state index is 12.6. The van der Waals surface area contributed by atoms with Crippen LogP contribution in [0, 0.1) is 0 Å². The standard InChI is InChI=1S/C22H23NO4/c1-3-26-19-11-8-17(9-12-19)10-13-21(24)27-16(2)22(25)23-15-14-18-6-4-5-7-20(18)23/h4-13,16H,3,14-15H2,1-2H3/b13-10+/t16-/m0/s1. The first-order valence-corrected chi connectivity index (χ1v) is 9.09. The lowest BCUT2D eigenvalue weighted by Gasteiger charge is -2.21. The zero-order valence-corrected chi connectivity index (χ0v) is 15.6. The normalized spacial score (nSPS) is 14.1. The molecule has 0 aliphatic carbocycles. The summed E-state index contributed by atoms with van der Waals surface area (Å²) in [4.78, 5) is 26.4. The van der Waals surface area contributed by atoms with E-state index in [2.05, 4.69) is 0 Å². The van der Waals surface area contributed by atoms with Crippen molar-refractivity contribution < 1.29 is 19.1 Å². The predicted molar refractivity (Wildman–Crippen MR) is 105 cm³/mol. The van der Waals surface area contributed by atoms with Gasteiger partial charge in [0.2, 0.25) is 0 Å². The summed E-state index contributed by atoms with van der Waals surface area (Å²) >= 11 is 0. The Morgan fingerprint density at radius 1 is 1.15 bits per heavy atom. The van der Waals surface area contributed by atoms with Gasteiger partial charge >= 0.3 is 5.97 Å². The molecule has 1 heterocycles. The van der Waals surface area contributed by atoms with E-state index >= 15 is 0 Å². The van der Waals surface area contributed by atoms with Crippen LogP contribution in [0.4, 0.5) is 5.69 Å². The van der Waals surface area contributed by atoms with Crippen LogP contribution in [0.5, 0.6) is 5.75 Å². The second-order valence-electron chi connectivity index (χ2n) is 6.28. The molecule has 0 unspecified atom stereocenters. The number of nitrogens with zero attached hydrogens (tertiary/aromatic N) is 1. The average molecular weight is 365 g/mol. The van der Waals surface area contributed by atoms with Crippen molar-refractivity contribution >= 4 is 23.6 Å². The second kappa shape index (κ2) is 8.54. The van der Waals surface area contributed by atoms with Gasteiger partial charge in [0.15, 0.2) is 6.10 Å². The molecule has 5 heteroatoms. The number of para-hydroxylation sites is 1. The zero-order valence-electron chi connectivity index (χ0n) is 15.6. The van der Waals surface area contributed by atoms with Gasteiger partial charge in [-0.25, -0.2) is 4.79 Å². The summed E-state index contributed by atoms with van der Waals surface area (Å²) in [5.74, 6) is 0.0299. The molecule has 140 valence electrons. The van der Waals surface area contributed by atoms with Crippen LogP contribution in [0.3, 0.4) is 0 Å². The number of hydrogen-bond donors (Lipinski definition) is 0. The molecule has 0 aromatic heterocycles. The summed E-state index contributed by atoms with van der Waals surface area (Å²) < 4.78 is 10.7. The highest BCUT2D eigenvalue weighted by Gasteiger charge is 2.29. The Balaban J connectivity index is 1.56. The van der Waals surface area contributed by atoms with Gasteiger partial charge in [-0.15, -0.1) is 0 Å². The Morgan fingerprint density at radius 2 is 1.89 bits per heavy atom. The molecule has 0 radical (unpaired) electrons. The first kappa shape index (κ1) is 18.7. The summed E-state index contributed by atoms with van der Waals surface area (Å²) in [6.45, 7) is 4.75. The molecule has 0 saturated carbocycles. The Hall–Kier alpha value is -3.08. The number of rotatable bonds is 6. The van der Waals surface area contributed by atoms with Gasteiger partial charge in [-0.2, -0.15) is 0 Å². The molecule has 0 fully saturated rings. The molecule has 0 spiro atoms. The number of ether oxygens (including phenoxy) is 2. The number of carbonyl (C=O) groups excluding carboxylic acids is 2. The molecule has 0 N–H and O–H groups in total. The number of hydrogen-bond acceptors (Lipinski definition) is 4. The van der Waals surface area contributed by atoms with Gasteiger partial charge in [0.25, 0.3) is 5.91 Å². The van der Waals surface area contributed by atoms with Gasteiger partial charge < -0.3 is 14.4 Å². The van der Waals surface area contributed by atoms with Crippen LogP contribution >= 0.6 is 0 Å². The van der Waals surface area contributed by atoms with Crippen molar-refractivity contribution in [3.05, 3.63) is 65.7 Å². The minimum absolute atomic E-state index is 0.206. The topological polar surface area (TPSA) is 55.8 Å². The van der Waals surface area contributed by atoms with Crippen molar-refractivity contribution in [2.45, 2.75) is 26.4 Å². The fraction of sp³-hybridized carbons (Fsp3) is 0.273. The molecule has 2 aromatic carbocycles. The molecular formula is C22H23NO4. The zero-order chi connectivity index (χ0) is 19.2. The van der Waals surface area contributed by atoms with E-state index in [0.29, 0.717) is 13.2 Å². The van der Waals surface area contributed by atoms with Crippen LogP contribution in [-0.4, -0.2) is 31.1 Å². The maximum Gasteiger partial charge on any atom is 0.331 e. The van der Waals surface area contributed by atoms with Crippen LogP contribution in [0.25, 0.3) is 6.08 Å². The third-order valence-corrected chi connectivity index (χ3v) is 4.40. The van der Waals surface area contributed by atoms with Gasteiger partial charge in [0, 0.05) is 18.3 Å². The SMILES string of the molecule is CCOc1ccc(/C=C/C(=O)O[C@@H](C)C(=O)N2CCc3ccccc32)cc1. The summed E-state index contributed by atoms with van der Waals surface area (Å²) in [5, 5.41) is 0. The van der Waals surface area contributed by atoms with E-state index in [1.54, 1.807) is 17.9 Å². The largest absolute Gasteiger partial charge is 0.494 e. The van der Waals surface area contributed by atoms with Gasteiger partial charge in [-0.05, 0) is 55.7 Å². The van der Waals surface area contributed by atoms with Crippen molar-refractivity contribution in [1.29, 1.82) is 0 Å². The highest BCUT2D eigenvalue weighted by molar-refractivity contribution is 6.00. The highest BCUT2D eigenvalue weighted by Crippen LogP contribution is 2.28. The monoisotopic (exact) mass is 365 g/mol. The first-order chi connectivity index (χ1) is 13.1. The number of esters is 1. The molecule has 1 aliphatic heterocycles. The van der Waals surface area contributed by atoms with Gasteiger partial charge in [0.05, 0.1) is 6.61 Å². The van der Waals surface area contributed by atoms with Crippen molar-refractivity contribution in [3.8, 4) is 5.75 Å². The number of anilines is 1. The fourth-order valence-electron chi connectivity index (χ4n) is 3.06. The van der Waals surface area contributed by atoms with Crippen molar-refractivity contribution in [2.24, 2.45) is 0 Å². The van der Waals surface area contributed by atoms with Crippen LogP contribution in [0.1, 0.15) is 25.0 Å². The Kier molecular flexibility index (Phi) is 5.91. The Bertz CT molecular complexity index is 842. The third kappa shape index (κ3) is 4.56. The molecule has 27 heavy (non-hydrogen) atoms. The molecule has 1 amide bonds. The van der Waals surface area contributed by atoms with Crippen molar-refractivity contribution in [3.63, 3.8) is 0 Å². The smallest absolute Gasteiger partial charge is 0.331 e. The van der Waals surface area contributed by atoms with Crippen molar-refractivity contribution in [2.75, 3.05) is 18.1 Å². The first-order valence-electron chi connectivity index (χ1n) is 9.09. The lowest BCUT2D eigenvalue weighted by Crippen LogP contribution is -2.38. The minimum atomic E-state index is -0.839. The summed E-state index contributed by atoms with van der Waals surface area (Å²) in [7, 11) is 0. The van der Waals surface area contributed by atoms with Crippen LogP contribution < -0.4 is 9.64 Å². The maximum atomic E-state index is 12.6. The molecule has 3 rings (SSSR count). The summed E-state index contributed by atoms with van der Waals surface area (Å²) in [6, 6.07) is 15.2. The summed E-state index contributed by atoms with van der Waals surface area (Å²) in [5.41, 5.74) is 2.89. The van der Waals surface area contributed by atoms with Gasteiger partial charge in [0.1, 0.15) is 5.75 Å². The molecule has 1 aliphatic rings. The fourth-order valence-corrected chi connectivity index (χ4v) is 3.06. The van der Waals surface area contributed by atoms with Crippen molar-refractivity contribution in [1.82, 2.24) is 0 Å². The van der Waals surface area contributed by atoms with E-state index in [9.17, 15) is 9.59 Å². The minimum Gasteiger partial charge on any atom is -0.494 e. The molecule has 1 atom stereocenters. The summed E-state index contributed by atoms with van der Waals surface area (Å²) in [6.07, 6.45) is 2.96. The quantitative estimate of drug-likeness (QED) is 0.580. The number of fused-ring (bicyclic) bond motifs is 1.